The summed E-state index contributed by atoms with van der Waals surface area (Å²) in [5.74, 6) is 2.49. The molecule has 1 unspecified atom stereocenters. The first-order chi connectivity index (χ1) is 10.8. The van der Waals surface area contributed by atoms with E-state index in [1.54, 1.807) is 23.1 Å². The Kier molecular flexibility index (Phi) is 5.33. The summed E-state index contributed by atoms with van der Waals surface area (Å²) < 4.78 is 2.16. The van der Waals surface area contributed by atoms with Gasteiger partial charge in [0.2, 0.25) is 0 Å². The minimum absolute atomic E-state index is 0.489. The van der Waals surface area contributed by atoms with E-state index in [0.29, 0.717) is 5.92 Å². The molecule has 6 heteroatoms. The van der Waals surface area contributed by atoms with Crippen LogP contribution in [0.5, 0.6) is 0 Å². The second-order valence-corrected chi connectivity index (χ2v) is 7.47. The van der Waals surface area contributed by atoms with Gasteiger partial charge in [-0.25, -0.2) is 0 Å². The van der Waals surface area contributed by atoms with E-state index in [-0.39, 0.29) is 0 Å². The van der Waals surface area contributed by atoms with Crippen LogP contribution in [-0.2, 0) is 13.6 Å². The molecule has 118 valence electrons. The minimum Gasteiger partial charge on any atom is -0.309 e. The van der Waals surface area contributed by atoms with E-state index < -0.39 is 0 Å². The number of likely N-dealkylation sites (tertiary alicyclic amines) is 1. The maximum absolute atomic E-state index is 4.46. The molecule has 0 amide bonds. The highest BCUT2D eigenvalue weighted by atomic mass is 32.2. The molecule has 0 aliphatic carbocycles. The average Bonchev–Trinajstić information content (AvgIpc) is 3.15. The first-order valence-electron chi connectivity index (χ1n) is 7.64. The third-order valence-electron chi connectivity index (χ3n) is 4.06. The molecule has 0 spiro atoms. The second-order valence-electron chi connectivity index (χ2n) is 5.71. The molecule has 0 N–H and O–H groups in total. The summed E-state index contributed by atoms with van der Waals surface area (Å²) >= 11 is 3.47. The third-order valence-corrected chi connectivity index (χ3v) is 5.80. The highest BCUT2D eigenvalue weighted by Crippen LogP contribution is 2.28. The molecule has 22 heavy (non-hydrogen) atoms. The van der Waals surface area contributed by atoms with Crippen molar-refractivity contribution in [2.75, 3.05) is 18.8 Å². The molecule has 0 bridgehead atoms. The van der Waals surface area contributed by atoms with Crippen molar-refractivity contribution in [3.63, 3.8) is 0 Å². The molecule has 1 aliphatic heterocycles. The van der Waals surface area contributed by atoms with Gasteiger partial charge in [0.15, 0.2) is 5.16 Å². The van der Waals surface area contributed by atoms with Gasteiger partial charge in [-0.2, -0.15) is 11.3 Å². The van der Waals surface area contributed by atoms with E-state index in [0.717, 1.165) is 29.8 Å². The summed E-state index contributed by atoms with van der Waals surface area (Å²) in [4.78, 5) is 2.54. The zero-order valence-corrected chi connectivity index (χ0v) is 14.6. The van der Waals surface area contributed by atoms with E-state index in [1.165, 1.54) is 24.9 Å². The molecule has 2 aromatic rings. The average molecular weight is 335 g/mol. The van der Waals surface area contributed by atoms with Crippen molar-refractivity contribution in [2.45, 2.75) is 30.5 Å². The number of piperidine rings is 1. The predicted molar refractivity (Wildman–Crippen MR) is 93.5 cm³/mol. The van der Waals surface area contributed by atoms with Crippen LogP contribution >= 0.6 is 23.1 Å². The van der Waals surface area contributed by atoms with E-state index in [2.05, 4.69) is 50.1 Å². The van der Waals surface area contributed by atoms with Crippen molar-refractivity contribution in [1.82, 2.24) is 19.7 Å². The number of aromatic nitrogens is 3. The van der Waals surface area contributed by atoms with Gasteiger partial charge in [-0.15, -0.1) is 16.8 Å². The van der Waals surface area contributed by atoms with E-state index in [1.807, 2.05) is 6.08 Å². The molecule has 1 fully saturated rings. The monoisotopic (exact) mass is 334 g/mol. The SMILES string of the molecule is C=CCSc1nnc(C2CCCN(Cc3ccsc3)C2)n1C. The molecule has 3 rings (SSSR count). The molecule has 0 radical (unpaired) electrons. The van der Waals surface area contributed by atoms with E-state index in [4.69, 9.17) is 0 Å². The number of thiophene rings is 1. The van der Waals surface area contributed by atoms with Crippen molar-refractivity contribution in [3.05, 3.63) is 40.9 Å². The van der Waals surface area contributed by atoms with Crippen LogP contribution < -0.4 is 0 Å². The highest BCUT2D eigenvalue weighted by Gasteiger charge is 2.26. The zero-order valence-electron chi connectivity index (χ0n) is 12.9. The van der Waals surface area contributed by atoms with Gasteiger partial charge in [-0.05, 0) is 41.8 Å². The van der Waals surface area contributed by atoms with Crippen LogP contribution in [0.2, 0.25) is 0 Å². The molecule has 3 heterocycles. The minimum atomic E-state index is 0.489. The number of hydrogen-bond acceptors (Lipinski definition) is 5. The Bertz CT molecular complexity index is 606. The fourth-order valence-electron chi connectivity index (χ4n) is 2.99. The maximum Gasteiger partial charge on any atom is 0.191 e. The smallest absolute Gasteiger partial charge is 0.191 e. The molecular formula is C16H22N4S2. The molecule has 4 nitrogen and oxygen atoms in total. The van der Waals surface area contributed by atoms with Crippen LogP contribution in [0.4, 0.5) is 0 Å². The van der Waals surface area contributed by atoms with Gasteiger partial charge in [-0.1, -0.05) is 17.8 Å². The quantitative estimate of drug-likeness (QED) is 0.598. The molecule has 2 aromatic heterocycles. The summed E-state index contributed by atoms with van der Waals surface area (Å²) in [5, 5.41) is 14.2. The second kappa shape index (κ2) is 7.44. The molecule has 0 saturated carbocycles. The van der Waals surface area contributed by atoms with Crippen molar-refractivity contribution in [2.24, 2.45) is 7.05 Å². The lowest BCUT2D eigenvalue weighted by molar-refractivity contribution is 0.195. The lowest BCUT2D eigenvalue weighted by Crippen LogP contribution is -2.34. The van der Waals surface area contributed by atoms with Crippen LogP contribution in [0.1, 0.15) is 30.1 Å². The summed E-state index contributed by atoms with van der Waals surface area (Å²) in [5.41, 5.74) is 1.42. The third kappa shape index (κ3) is 3.62. The summed E-state index contributed by atoms with van der Waals surface area (Å²) in [7, 11) is 2.08. The molecule has 1 saturated heterocycles. The van der Waals surface area contributed by atoms with Crippen molar-refractivity contribution in [3.8, 4) is 0 Å². The van der Waals surface area contributed by atoms with Gasteiger partial charge >= 0.3 is 0 Å². The Balaban J connectivity index is 1.66. The summed E-state index contributed by atoms with van der Waals surface area (Å²) in [6.07, 6.45) is 4.34. The fourth-order valence-corrected chi connectivity index (χ4v) is 4.30. The number of rotatable bonds is 6. The first kappa shape index (κ1) is 15.8. The zero-order chi connectivity index (χ0) is 15.4. The van der Waals surface area contributed by atoms with Gasteiger partial charge in [0.1, 0.15) is 5.82 Å². The Morgan fingerprint density at radius 2 is 2.41 bits per heavy atom. The number of hydrogen-bond donors (Lipinski definition) is 0. The largest absolute Gasteiger partial charge is 0.309 e. The molecule has 1 aliphatic rings. The van der Waals surface area contributed by atoms with Crippen molar-refractivity contribution in [1.29, 1.82) is 0 Å². The van der Waals surface area contributed by atoms with Gasteiger partial charge in [0, 0.05) is 31.8 Å². The Hall–Kier alpha value is -1.11. The van der Waals surface area contributed by atoms with Crippen LogP contribution in [0.15, 0.2) is 34.6 Å². The van der Waals surface area contributed by atoms with Crippen molar-refractivity contribution < 1.29 is 0 Å². The Morgan fingerprint density at radius 1 is 1.50 bits per heavy atom. The Labute approximate surface area is 140 Å². The molecule has 1 atom stereocenters. The van der Waals surface area contributed by atoms with Crippen LogP contribution in [0, 0.1) is 0 Å². The van der Waals surface area contributed by atoms with Crippen LogP contribution in [0.3, 0.4) is 0 Å². The van der Waals surface area contributed by atoms with E-state index in [9.17, 15) is 0 Å². The molecular weight excluding hydrogens is 312 g/mol. The van der Waals surface area contributed by atoms with Crippen molar-refractivity contribution >= 4 is 23.1 Å². The predicted octanol–water partition coefficient (Wildman–Crippen LogP) is 3.53. The summed E-state index contributed by atoms with van der Waals surface area (Å²) in [6.45, 7) is 7.07. The highest BCUT2D eigenvalue weighted by molar-refractivity contribution is 7.99. The lowest BCUT2D eigenvalue weighted by Gasteiger charge is -2.31. The van der Waals surface area contributed by atoms with Gasteiger partial charge in [-0.3, -0.25) is 4.90 Å². The topological polar surface area (TPSA) is 34.0 Å². The standard InChI is InChI=1S/C16H22N4S2/c1-3-8-22-16-18-17-15(19(16)2)14-5-4-7-20(11-14)10-13-6-9-21-12-13/h3,6,9,12,14H,1,4-5,7-8,10-11H2,2H3. The van der Waals surface area contributed by atoms with Gasteiger partial charge in [0.25, 0.3) is 0 Å². The Morgan fingerprint density at radius 3 is 3.18 bits per heavy atom. The summed E-state index contributed by atoms with van der Waals surface area (Å²) in [6, 6.07) is 2.22. The maximum atomic E-state index is 4.46. The number of nitrogens with zero attached hydrogens (tertiary/aromatic N) is 4. The normalized spacial score (nSPS) is 19.4. The number of thioether (sulfide) groups is 1. The van der Waals surface area contributed by atoms with Crippen LogP contribution in [-0.4, -0.2) is 38.5 Å². The fraction of sp³-hybridized carbons (Fsp3) is 0.500. The van der Waals surface area contributed by atoms with E-state index >= 15 is 0 Å². The van der Waals surface area contributed by atoms with Gasteiger partial charge in [0.05, 0.1) is 0 Å². The first-order valence-corrected chi connectivity index (χ1v) is 9.57. The van der Waals surface area contributed by atoms with Crippen LogP contribution in [0.25, 0.3) is 0 Å². The molecule has 0 aromatic carbocycles. The lowest BCUT2D eigenvalue weighted by atomic mass is 9.97. The van der Waals surface area contributed by atoms with Gasteiger partial charge < -0.3 is 4.57 Å².